The van der Waals surface area contributed by atoms with Crippen LogP contribution in [0.3, 0.4) is 0 Å². The zero-order valence-electron chi connectivity index (χ0n) is 13.2. The van der Waals surface area contributed by atoms with Crippen LogP contribution >= 0.6 is 0 Å². The summed E-state index contributed by atoms with van der Waals surface area (Å²) >= 11 is 0. The van der Waals surface area contributed by atoms with Crippen molar-refractivity contribution in [2.45, 2.75) is 44.8 Å². The maximum atomic E-state index is 6.32. The highest BCUT2D eigenvalue weighted by Gasteiger charge is 2.33. The lowest BCUT2D eigenvalue weighted by atomic mass is 9.79. The number of likely N-dealkylation sites (N-methyl/N-ethyl adjacent to an activating group) is 1. The molecule has 0 saturated carbocycles. The van der Waals surface area contributed by atoms with Gasteiger partial charge in [-0.05, 0) is 36.4 Å². The number of rotatable bonds is 5. The summed E-state index contributed by atoms with van der Waals surface area (Å²) in [6.07, 6.45) is 2.52. The van der Waals surface area contributed by atoms with E-state index in [1.165, 1.54) is 11.1 Å². The second kappa shape index (κ2) is 6.91. The standard InChI is InChI=1S/C18H27NO2/c1-3-19-18-16-7-5-4-6-15(16)13(2)10-17(18)21-12-14-8-9-20-11-14/h4-7,13-14,17-19H,3,8-12H2,1-2H3. The largest absolute Gasteiger partial charge is 0.381 e. The number of ether oxygens (including phenoxy) is 2. The molecule has 0 amide bonds. The average molecular weight is 289 g/mol. The topological polar surface area (TPSA) is 30.5 Å². The number of hydrogen-bond donors (Lipinski definition) is 1. The first-order valence-electron chi connectivity index (χ1n) is 8.31. The van der Waals surface area contributed by atoms with Crippen molar-refractivity contribution in [1.82, 2.24) is 5.32 Å². The van der Waals surface area contributed by atoms with Crippen molar-refractivity contribution in [3.63, 3.8) is 0 Å². The minimum absolute atomic E-state index is 0.274. The highest BCUT2D eigenvalue weighted by Crippen LogP contribution is 2.39. The monoisotopic (exact) mass is 289 g/mol. The molecule has 116 valence electrons. The van der Waals surface area contributed by atoms with Gasteiger partial charge in [-0.25, -0.2) is 0 Å². The third-order valence-electron chi connectivity index (χ3n) is 4.81. The van der Waals surface area contributed by atoms with Gasteiger partial charge in [-0.2, -0.15) is 0 Å². The summed E-state index contributed by atoms with van der Waals surface area (Å²) in [5.74, 6) is 1.15. The third kappa shape index (κ3) is 3.31. The molecule has 1 heterocycles. The van der Waals surface area contributed by atoms with Gasteiger partial charge >= 0.3 is 0 Å². The molecule has 0 aromatic heterocycles. The van der Waals surface area contributed by atoms with E-state index in [4.69, 9.17) is 9.47 Å². The summed E-state index contributed by atoms with van der Waals surface area (Å²) < 4.78 is 11.8. The lowest BCUT2D eigenvalue weighted by Crippen LogP contribution is -2.39. The molecule has 1 saturated heterocycles. The fourth-order valence-electron chi connectivity index (χ4n) is 3.65. The van der Waals surface area contributed by atoms with Crippen LogP contribution in [0.15, 0.2) is 24.3 Å². The third-order valence-corrected chi connectivity index (χ3v) is 4.81. The Hall–Kier alpha value is -0.900. The number of benzene rings is 1. The van der Waals surface area contributed by atoms with Crippen molar-refractivity contribution in [3.05, 3.63) is 35.4 Å². The van der Waals surface area contributed by atoms with E-state index < -0.39 is 0 Å². The first-order chi connectivity index (χ1) is 10.3. The first-order valence-corrected chi connectivity index (χ1v) is 8.31. The first kappa shape index (κ1) is 15.0. The Labute approximate surface area is 128 Å². The molecular formula is C18H27NO2. The van der Waals surface area contributed by atoms with Crippen LogP contribution in [0, 0.1) is 5.92 Å². The van der Waals surface area contributed by atoms with Crippen LogP contribution in [0.25, 0.3) is 0 Å². The van der Waals surface area contributed by atoms with Crippen molar-refractivity contribution in [3.8, 4) is 0 Å². The summed E-state index contributed by atoms with van der Waals surface area (Å²) in [5.41, 5.74) is 2.90. The van der Waals surface area contributed by atoms with E-state index in [2.05, 4.69) is 43.4 Å². The molecule has 4 atom stereocenters. The molecular weight excluding hydrogens is 262 g/mol. The lowest BCUT2D eigenvalue weighted by Gasteiger charge is -2.37. The van der Waals surface area contributed by atoms with Crippen LogP contribution in [0.2, 0.25) is 0 Å². The number of nitrogens with one attached hydrogen (secondary N) is 1. The van der Waals surface area contributed by atoms with Gasteiger partial charge in [0.1, 0.15) is 0 Å². The van der Waals surface area contributed by atoms with E-state index in [0.717, 1.165) is 39.2 Å². The molecule has 4 unspecified atom stereocenters. The molecule has 1 N–H and O–H groups in total. The second-order valence-electron chi connectivity index (χ2n) is 6.40. The predicted molar refractivity (Wildman–Crippen MR) is 84.6 cm³/mol. The minimum atomic E-state index is 0.274. The Kier molecular flexibility index (Phi) is 4.94. The predicted octanol–water partition coefficient (Wildman–Crippen LogP) is 3.27. The van der Waals surface area contributed by atoms with Gasteiger partial charge in [-0.3, -0.25) is 0 Å². The normalized spacial score (nSPS) is 32.1. The molecule has 0 spiro atoms. The molecule has 2 aliphatic rings. The Morgan fingerprint density at radius 1 is 1.29 bits per heavy atom. The van der Waals surface area contributed by atoms with Gasteiger partial charge in [0.15, 0.2) is 0 Å². The van der Waals surface area contributed by atoms with Crippen molar-refractivity contribution in [1.29, 1.82) is 0 Å². The van der Waals surface area contributed by atoms with Crippen molar-refractivity contribution < 1.29 is 9.47 Å². The molecule has 3 nitrogen and oxygen atoms in total. The van der Waals surface area contributed by atoms with Gasteiger partial charge in [0, 0.05) is 12.5 Å². The van der Waals surface area contributed by atoms with E-state index in [1.54, 1.807) is 0 Å². The molecule has 3 rings (SSSR count). The molecule has 0 bridgehead atoms. The Morgan fingerprint density at radius 2 is 2.10 bits per heavy atom. The summed E-state index contributed by atoms with van der Waals surface area (Å²) in [5, 5.41) is 3.63. The maximum Gasteiger partial charge on any atom is 0.0775 e. The number of hydrogen-bond acceptors (Lipinski definition) is 3. The van der Waals surface area contributed by atoms with Gasteiger partial charge in [-0.1, -0.05) is 38.1 Å². The minimum Gasteiger partial charge on any atom is -0.381 e. The summed E-state index contributed by atoms with van der Waals surface area (Å²) in [6, 6.07) is 9.14. The molecule has 21 heavy (non-hydrogen) atoms. The lowest BCUT2D eigenvalue weighted by molar-refractivity contribution is -0.00874. The molecule has 1 fully saturated rings. The summed E-state index contributed by atoms with van der Waals surface area (Å²) in [7, 11) is 0. The molecule has 1 aromatic rings. The smallest absolute Gasteiger partial charge is 0.0775 e. The summed E-state index contributed by atoms with van der Waals surface area (Å²) in [4.78, 5) is 0. The van der Waals surface area contributed by atoms with Crippen LogP contribution in [-0.2, 0) is 9.47 Å². The van der Waals surface area contributed by atoms with Gasteiger partial charge in [0.2, 0.25) is 0 Å². The average Bonchev–Trinajstić information content (AvgIpc) is 3.02. The van der Waals surface area contributed by atoms with Gasteiger partial charge in [-0.15, -0.1) is 0 Å². The SMILES string of the molecule is CCNC1c2ccccc2C(C)CC1OCC1CCOC1. The van der Waals surface area contributed by atoms with Gasteiger partial charge in [0.05, 0.1) is 25.4 Å². The highest BCUT2D eigenvalue weighted by molar-refractivity contribution is 5.36. The second-order valence-corrected chi connectivity index (χ2v) is 6.40. The van der Waals surface area contributed by atoms with Crippen LogP contribution in [0.1, 0.15) is 49.8 Å². The van der Waals surface area contributed by atoms with E-state index in [-0.39, 0.29) is 6.10 Å². The molecule has 0 radical (unpaired) electrons. The zero-order chi connectivity index (χ0) is 14.7. The van der Waals surface area contributed by atoms with Crippen LogP contribution in [-0.4, -0.2) is 32.5 Å². The van der Waals surface area contributed by atoms with Crippen LogP contribution in [0.4, 0.5) is 0 Å². The van der Waals surface area contributed by atoms with Gasteiger partial charge in [0.25, 0.3) is 0 Å². The fraction of sp³-hybridized carbons (Fsp3) is 0.667. The maximum absolute atomic E-state index is 6.32. The number of fused-ring (bicyclic) bond motifs is 1. The Bertz CT molecular complexity index is 456. The van der Waals surface area contributed by atoms with Crippen molar-refractivity contribution in [2.75, 3.05) is 26.4 Å². The molecule has 1 aromatic carbocycles. The van der Waals surface area contributed by atoms with E-state index in [9.17, 15) is 0 Å². The Balaban J connectivity index is 1.73. The van der Waals surface area contributed by atoms with Crippen LogP contribution in [0.5, 0.6) is 0 Å². The molecule has 3 heteroatoms. The van der Waals surface area contributed by atoms with Crippen molar-refractivity contribution in [2.24, 2.45) is 5.92 Å². The van der Waals surface area contributed by atoms with Crippen LogP contribution < -0.4 is 5.32 Å². The van der Waals surface area contributed by atoms with Crippen molar-refractivity contribution >= 4 is 0 Å². The highest BCUT2D eigenvalue weighted by atomic mass is 16.5. The Morgan fingerprint density at radius 3 is 2.81 bits per heavy atom. The quantitative estimate of drug-likeness (QED) is 0.902. The zero-order valence-corrected chi connectivity index (χ0v) is 13.2. The van der Waals surface area contributed by atoms with E-state index in [1.807, 2.05) is 0 Å². The van der Waals surface area contributed by atoms with E-state index in [0.29, 0.717) is 17.9 Å². The van der Waals surface area contributed by atoms with E-state index >= 15 is 0 Å². The molecule has 1 aliphatic carbocycles. The molecule has 1 aliphatic heterocycles. The summed E-state index contributed by atoms with van der Waals surface area (Å²) in [6.45, 7) is 8.05. The fourth-order valence-corrected chi connectivity index (χ4v) is 3.65. The van der Waals surface area contributed by atoms with Gasteiger partial charge < -0.3 is 14.8 Å².